The molecular formula is C32H49N9O5. The lowest BCUT2D eigenvalue weighted by Crippen LogP contribution is -2.58. The second kappa shape index (κ2) is 19.0. The summed E-state index contributed by atoms with van der Waals surface area (Å²) >= 11 is 0. The van der Waals surface area contributed by atoms with E-state index in [1.54, 1.807) is 26.0 Å². The number of aliphatic imine (C=N–C) groups is 1. The van der Waals surface area contributed by atoms with Crippen molar-refractivity contribution >= 4 is 29.6 Å². The Bertz CT molecular complexity index is 1330. The quantitative estimate of drug-likeness (QED) is 0.0530. The summed E-state index contributed by atoms with van der Waals surface area (Å²) in [6, 6.07) is 8.23. The first-order chi connectivity index (χ1) is 21.8. The molecule has 14 nitrogen and oxygen atoms in total. The Balaban J connectivity index is 2.31. The van der Waals surface area contributed by atoms with Crippen LogP contribution in [0.2, 0.25) is 0 Å². The third-order valence-electron chi connectivity index (χ3n) is 7.54. The summed E-state index contributed by atoms with van der Waals surface area (Å²) in [5.41, 5.74) is 31.1. The summed E-state index contributed by atoms with van der Waals surface area (Å²) in [4.78, 5) is 56.6. The fraction of sp³-hybridized carbons (Fsp3) is 0.469. The van der Waals surface area contributed by atoms with Gasteiger partial charge in [0, 0.05) is 13.0 Å². The van der Waals surface area contributed by atoms with Gasteiger partial charge in [-0.2, -0.15) is 0 Å². The highest BCUT2D eigenvalue weighted by molar-refractivity contribution is 5.94. The minimum Gasteiger partial charge on any atom is -0.508 e. The summed E-state index contributed by atoms with van der Waals surface area (Å²) < 4.78 is 0. The van der Waals surface area contributed by atoms with Crippen molar-refractivity contribution in [3.05, 3.63) is 64.7 Å². The summed E-state index contributed by atoms with van der Waals surface area (Å²) in [5.74, 6) is -2.57. The fourth-order valence-electron chi connectivity index (χ4n) is 5.04. The van der Waals surface area contributed by atoms with Gasteiger partial charge in [0.15, 0.2) is 5.96 Å². The molecule has 252 valence electrons. The van der Waals surface area contributed by atoms with E-state index < -0.39 is 47.8 Å². The molecule has 0 aliphatic heterocycles. The van der Waals surface area contributed by atoms with E-state index in [0.29, 0.717) is 36.9 Å². The van der Waals surface area contributed by atoms with Gasteiger partial charge in [0.2, 0.25) is 23.6 Å². The van der Waals surface area contributed by atoms with Crippen LogP contribution in [0.3, 0.4) is 0 Å². The summed E-state index contributed by atoms with van der Waals surface area (Å²) in [7, 11) is 0. The average molecular weight is 640 g/mol. The lowest BCUT2D eigenvalue weighted by molar-refractivity contribution is -0.133. The van der Waals surface area contributed by atoms with E-state index >= 15 is 0 Å². The van der Waals surface area contributed by atoms with Gasteiger partial charge in [-0.1, -0.05) is 30.3 Å². The maximum Gasteiger partial charge on any atom is 0.243 e. The molecule has 0 unspecified atom stereocenters. The number of rotatable bonds is 19. The Morgan fingerprint density at radius 3 is 1.93 bits per heavy atom. The van der Waals surface area contributed by atoms with Crippen LogP contribution >= 0.6 is 0 Å². The molecule has 0 heterocycles. The Hall–Kier alpha value is -4.69. The van der Waals surface area contributed by atoms with Crippen LogP contribution in [0.1, 0.15) is 54.4 Å². The number of hydrogen-bond donors (Lipinski definition) is 9. The number of phenols is 1. The first-order valence-corrected chi connectivity index (χ1v) is 15.4. The number of hydrogen-bond acceptors (Lipinski definition) is 8. The molecule has 0 aliphatic carbocycles. The highest BCUT2D eigenvalue weighted by atomic mass is 16.3. The number of nitrogens with two attached hydrogens (primary N) is 5. The molecule has 46 heavy (non-hydrogen) atoms. The molecule has 14 heteroatoms. The highest BCUT2D eigenvalue weighted by Crippen LogP contribution is 2.22. The van der Waals surface area contributed by atoms with Crippen LogP contribution in [-0.2, 0) is 32.0 Å². The number of unbranched alkanes of at least 4 members (excludes halogenated alkanes) is 1. The number of aryl methyl sites for hydroxylation is 2. The Kier molecular flexibility index (Phi) is 15.5. The van der Waals surface area contributed by atoms with Gasteiger partial charge in [-0.25, -0.2) is 0 Å². The van der Waals surface area contributed by atoms with E-state index in [9.17, 15) is 24.3 Å². The van der Waals surface area contributed by atoms with Crippen LogP contribution < -0.4 is 44.6 Å². The van der Waals surface area contributed by atoms with Gasteiger partial charge in [-0.3, -0.25) is 24.2 Å². The fourth-order valence-corrected chi connectivity index (χ4v) is 5.04. The van der Waals surface area contributed by atoms with Crippen molar-refractivity contribution < 1.29 is 24.3 Å². The third kappa shape index (κ3) is 12.7. The molecule has 4 amide bonds. The van der Waals surface area contributed by atoms with Crippen molar-refractivity contribution in [1.29, 1.82) is 0 Å². The van der Waals surface area contributed by atoms with Gasteiger partial charge >= 0.3 is 0 Å². The SMILES string of the molecule is Cc1cc(O)cc(C)c1C[C@H](NC(=O)[C@H](CCCCN)NC(=O)[C@@H](N)Cc1ccccc1)C(=O)N[C@@H](CCCN=C(N)N)C(N)=O. The Morgan fingerprint density at radius 2 is 1.35 bits per heavy atom. The summed E-state index contributed by atoms with van der Waals surface area (Å²) in [5, 5.41) is 18.2. The number of amides is 4. The molecule has 0 bridgehead atoms. The predicted octanol–water partition coefficient (Wildman–Crippen LogP) is -0.756. The molecule has 0 aliphatic rings. The zero-order valence-electron chi connectivity index (χ0n) is 26.6. The molecule has 4 atom stereocenters. The number of carbonyl (C=O) groups excluding carboxylic acids is 4. The second-order valence-corrected chi connectivity index (χ2v) is 11.4. The van der Waals surface area contributed by atoms with Gasteiger partial charge in [0.25, 0.3) is 0 Å². The first kappa shape index (κ1) is 37.5. The van der Waals surface area contributed by atoms with E-state index in [1.807, 2.05) is 30.3 Å². The Labute approximate surface area is 269 Å². The number of aromatic hydroxyl groups is 1. The van der Waals surface area contributed by atoms with Crippen molar-refractivity contribution in [2.24, 2.45) is 33.7 Å². The highest BCUT2D eigenvalue weighted by Gasteiger charge is 2.30. The smallest absolute Gasteiger partial charge is 0.243 e. The van der Waals surface area contributed by atoms with Gasteiger partial charge in [0.1, 0.15) is 23.9 Å². The first-order valence-electron chi connectivity index (χ1n) is 15.4. The van der Waals surface area contributed by atoms with Crippen LogP contribution in [0.25, 0.3) is 0 Å². The van der Waals surface area contributed by atoms with Crippen LogP contribution in [0.5, 0.6) is 5.75 Å². The molecule has 0 radical (unpaired) electrons. The summed E-state index contributed by atoms with van der Waals surface area (Å²) in [6.45, 7) is 4.18. The second-order valence-electron chi connectivity index (χ2n) is 11.4. The topological polar surface area (TPSA) is 267 Å². The number of nitrogens with one attached hydrogen (secondary N) is 3. The standard InChI is InChI=1S/C32H49N9O5/c1-19-15-22(42)16-20(2)23(19)18-27(31(46)39-25(28(35)43)12-8-14-38-32(36)37)41-30(45)26(11-6-7-13-33)40-29(44)24(34)17-21-9-4-3-5-10-21/h3-5,9-10,15-16,24-27,42H,6-8,11-14,17-18,33-34H2,1-2H3,(H2,35,43)(H,39,46)(H,40,44)(H,41,45)(H4,36,37,38)/t24-,25-,26-,27-/m0/s1. The number of carbonyl (C=O) groups is 4. The van der Waals surface area contributed by atoms with Crippen molar-refractivity contribution in [1.82, 2.24) is 16.0 Å². The molecule has 2 aromatic carbocycles. The monoisotopic (exact) mass is 639 g/mol. The number of benzene rings is 2. The van der Waals surface area contributed by atoms with E-state index in [1.165, 1.54) is 0 Å². The third-order valence-corrected chi connectivity index (χ3v) is 7.54. The van der Waals surface area contributed by atoms with Gasteiger partial charge < -0.3 is 49.7 Å². The number of nitrogens with zero attached hydrogens (tertiary/aromatic N) is 1. The van der Waals surface area contributed by atoms with Crippen molar-refractivity contribution in [2.45, 2.75) is 83.0 Å². The molecule has 0 spiro atoms. The molecule has 0 aromatic heterocycles. The Morgan fingerprint density at radius 1 is 0.783 bits per heavy atom. The van der Waals surface area contributed by atoms with Crippen molar-refractivity contribution in [3.8, 4) is 5.75 Å². The average Bonchev–Trinajstić information content (AvgIpc) is 2.99. The van der Waals surface area contributed by atoms with Gasteiger partial charge in [0.05, 0.1) is 6.04 Å². The zero-order chi connectivity index (χ0) is 34.2. The van der Waals surface area contributed by atoms with Crippen LogP contribution in [0.15, 0.2) is 47.5 Å². The minimum atomic E-state index is -1.17. The van der Waals surface area contributed by atoms with E-state index in [2.05, 4.69) is 20.9 Å². The number of phenolic OH excluding ortho intramolecular Hbond substituents is 1. The minimum absolute atomic E-state index is 0.0337. The van der Waals surface area contributed by atoms with Gasteiger partial charge in [-0.15, -0.1) is 0 Å². The van der Waals surface area contributed by atoms with Crippen LogP contribution in [0, 0.1) is 13.8 Å². The molecule has 0 fully saturated rings. The largest absolute Gasteiger partial charge is 0.508 e. The predicted molar refractivity (Wildman–Crippen MR) is 177 cm³/mol. The maximum absolute atomic E-state index is 13.7. The molecule has 2 rings (SSSR count). The van der Waals surface area contributed by atoms with Crippen molar-refractivity contribution in [2.75, 3.05) is 13.1 Å². The van der Waals surface area contributed by atoms with E-state index in [4.69, 9.17) is 28.7 Å². The molecule has 0 saturated heterocycles. The van der Waals surface area contributed by atoms with E-state index in [-0.39, 0.29) is 43.9 Å². The zero-order valence-corrected chi connectivity index (χ0v) is 26.6. The van der Waals surface area contributed by atoms with Crippen molar-refractivity contribution in [3.63, 3.8) is 0 Å². The van der Waals surface area contributed by atoms with E-state index in [0.717, 1.165) is 11.1 Å². The molecule has 14 N–H and O–H groups in total. The van der Waals surface area contributed by atoms with Crippen LogP contribution in [-0.4, -0.2) is 72.0 Å². The van der Waals surface area contributed by atoms with Gasteiger partial charge in [-0.05, 0) is 93.3 Å². The number of guanidine groups is 1. The normalized spacial score (nSPS) is 13.5. The number of primary amides is 1. The lowest BCUT2D eigenvalue weighted by atomic mass is 9.95. The molecule has 0 saturated carbocycles. The maximum atomic E-state index is 13.7. The lowest BCUT2D eigenvalue weighted by Gasteiger charge is -2.26. The molecule has 2 aromatic rings. The van der Waals surface area contributed by atoms with Crippen LogP contribution in [0.4, 0.5) is 0 Å². The molecular weight excluding hydrogens is 590 g/mol. The summed E-state index contributed by atoms with van der Waals surface area (Å²) in [6.07, 6.45) is 2.23.